The average molecular weight is 938 g/mol. The number of rotatable bonds is 52. The summed E-state index contributed by atoms with van der Waals surface area (Å²) < 4.78 is 16.9. The summed E-state index contributed by atoms with van der Waals surface area (Å²) in [4.78, 5) is 38.1. The van der Waals surface area contributed by atoms with Crippen LogP contribution in [0.15, 0.2) is 60.8 Å². The van der Waals surface area contributed by atoms with E-state index in [1.165, 1.54) is 161 Å². The molecule has 0 radical (unpaired) electrons. The zero-order chi connectivity index (χ0) is 48.6. The molecule has 0 rings (SSSR count). The highest BCUT2D eigenvalue weighted by molar-refractivity contribution is 5.71. The molecule has 0 aliphatic heterocycles. The lowest BCUT2D eigenvalue weighted by atomic mass is 10.1. The van der Waals surface area contributed by atoms with Gasteiger partial charge >= 0.3 is 17.9 Å². The Morgan fingerprint density at radius 2 is 0.567 bits per heavy atom. The Morgan fingerprint density at radius 1 is 0.299 bits per heavy atom. The minimum atomic E-state index is -0.784. The SMILES string of the molecule is CCC/C=C\C/C=C\CCCCCCCC(=O)OCC(COC(=O)CCCCCCCCCCC/C=C\C/C=C\CCCCC)OC(=O)CCCCCCCCC/C=C\CCCCCCCC. The van der Waals surface area contributed by atoms with Crippen LogP contribution in [0.1, 0.15) is 290 Å². The minimum absolute atomic E-state index is 0.0818. The monoisotopic (exact) mass is 937 g/mol. The van der Waals surface area contributed by atoms with Gasteiger partial charge in [0.15, 0.2) is 6.10 Å². The van der Waals surface area contributed by atoms with Gasteiger partial charge in [-0.2, -0.15) is 0 Å². The molecule has 0 saturated carbocycles. The lowest BCUT2D eigenvalue weighted by molar-refractivity contribution is -0.167. The van der Waals surface area contributed by atoms with Crippen molar-refractivity contribution in [2.45, 2.75) is 297 Å². The molecule has 1 unspecified atom stereocenters. The number of unbranched alkanes of at least 4 members (excludes halogenated alkanes) is 31. The van der Waals surface area contributed by atoms with Crippen molar-refractivity contribution in [1.29, 1.82) is 0 Å². The van der Waals surface area contributed by atoms with E-state index in [0.717, 1.165) is 89.9 Å². The third kappa shape index (κ3) is 53.9. The fourth-order valence-electron chi connectivity index (χ4n) is 8.09. The van der Waals surface area contributed by atoms with E-state index in [1.54, 1.807) is 0 Å². The first-order valence-electron chi connectivity index (χ1n) is 28.8. The molecule has 0 aliphatic rings. The van der Waals surface area contributed by atoms with Gasteiger partial charge in [-0.15, -0.1) is 0 Å². The van der Waals surface area contributed by atoms with Crippen LogP contribution in [0, 0.1) is 0 Å². The van der Waals surface area contributed by atoms with Crippen LogP contribution < -0.4 is 0 Å². The van der Waals surface area contributed by atoms with Crippen molar-refractivity contribution in [3.63, 3.8) is 0 Å². The van der Waals surface area contributed by atoms with E-state index < -0.39 is 6.10 Å². The summed E-state index contributed by atoms with van der Waals surface area (Å²) in [6.45, 7) is 6.55. The van der Waals surface area contributed by atoms with Crippen LogP contribution in [-0.2, 0) is 28.6 Å². The molecule has 6 nitrogen and oxygen atoms in total. The Labute approximate surface area is 415 Å². The van der Waals surface area contributed by atoms with Gasteiger partial charge in [-0.3, -0.25) is 14.4 Å². The van der Waals surface area contributed by atoms with Crippen molar-refractivity contribution in [3.8, 4) is 0 Å². The largest absolute Gasteiger partial charge is 0.462 e. The first-order chi connectivity index (χ1) is 33.0. The number of carbonyl (C=O) groups is 3. The second-order valence-electron chi connectivity index (χ2n) is 19.2. The lowest BCUT2D eigenvalue weighted by Gasteiger charge is -2.18. The Morgan fingerprint density at radius 3 is 0.925 bits per heavy atom. The summed E-state index contributed by atoms with van der Waals surface area (Å²) in [6.07, 6.45) is 69.2. The second-order valence-corrected chi connectivity index (χ2v) is 19.2. The van der Waals surface area contributed by atoms with Crippen molar-refractivity contribution in [2.75, 3.05) is 13.2 Å². The number of carbonyl (C=O) groups excluding carboxylic acids is 3. The van der Waals surface area contributed by atoms with E-state index in [1.807, 2.05) is 0 Å². The van der Waals surface area contributed by atoms with Gasteiger partial charge in [0.25, 0.3) is 0 Å². The van der Waals surface area contributed by atoms with Crippen LogP contribution in [0.4, 0.5) is 0 Å². The van der Waals surface area contributed by atoms with Gasteiger partial charge in [-0.25, -0.2) is 0 Å². The third-order valence-corrected chi connectivity index (χ3v) is 12.4. The smallest absolute Gasteiger partial charge is 0.306 e. The Balaban J connectivity index is 4.37. The zero-order valence-electron chi connectivity index (χ0n) is 44.4. The van der Waals surface area contributed by atoms with Crippen LogP contribution in [0.3, 0.4) is 0 Å². The third-order valence-electron chi connectivity index (χ3n) is 12.4. The van der Waals surface area contributed by atoms with Gasteiger partial charge < -0.3 is 14.2 Å². The second kappa shape index (κ2) is 55.7. The average Bonchev–Trinajstić information content (AvgIpc) is 3.33. The van der Waals surface area contributed by atoms with Crippen molar-refractivity contribution < 1.29 is 28.6 Å². The normalized spacial score (nSPS) is 12.5. The lowest BCUT2D eigenvalue weighted by Crippen LogP contribution is -2.30. The predicted octanol–water partition coefficient (Wildman–Crippen LogP) is 19.2. The molecule has 0 saturated heterocycles. The summed E-state index contributed by atoms with van der Waals surface area (Å²) in [7, 11) is 0. The number of ether oxygens (including phenoxy) is 3. The molecule has 0 amide bonds. The van der Waals surface area contributed by atoms with Gasteiger partial charge in [0.2, 0.25) is 0 Å². The van der Waals surface area contributed by atoms with Crippen molar-refractivity contribution >= 4 is 17.9 Å². The van der Waals surface area contributed by atoms with E-state index in [9.17, 15) is 14.4 Å². The van der Waals surface area contributed by atoms with Crippen LogP contribution in [0.2, 0.25) is 0 Å². The predicted molar refractivity (Wildman–Crippen MR) is 288 cm³/mol. The van der Waals surface area contributed by atoms with Crippen LogP contribution in [0.25, 0.3) is 0 Å². The molecule has 388 valence electrons. The quantitative estimate of drug-likeness (QED) is 0.0262. The van der Waals surface area contributed by atoms with E-state index in [2.05, 4.69) is 81.5 Å². The molecular weight excluding hydrogens is 829 g/mol. The number of hydrogen-bond acceptors (Lipinski definition) is 6. The molecule has 0 spiro atoms. The van der Waals surface area contributed by atoms with Gasteiger partial charge in [0, 0.05) is 19.3 Å². The molecule has 67 heavy (non-hydrogen) atoms. The van der Waals surface area contributed by atoms with Crippen molar-refractivity contribution in [1.82, 2.24) is 0 Å². The Bertz CT molecular complexity index is 1210. The molecule has 6 heteroatoms. The summed E-state index contributed by atoms with van der Waals surface area (Å²) in [5.74, 6) is -0.895. The molecule has 0 aromatic carbocycles. The van der Waals surface area contributed by atoms with Gasteiger partial charge in [-0.05, 0) is 103 Å². The van der Waals surface area contributed by atoms with Crippen LogP contribution in [-0.4, -0.2) is 37.2 Å². The van der Waals surface area contributed by atoms with Gasteiger partial charge in [0.05, 0.1) is 0 Å². The first-order valence-corrected chi connectivity index (χ1v) is 28.8. The minimum Gasteiger partial charge on any atom is -0.462 e. The van der Waals surface area contributed by atoms with Gasteiger partial charge in [0.1, 0.15) is 13.2 Å². The molecule has 0 aliphatic carbocycles. The highest BCUT2D eigenvalue weighted by Gasteiger charge is 2.19. The molecule has 0 aromatic rings. The summed E-state index contributed by atoms with van der Waals surface area (Å²) in [5.41, 5.74) is 0. The Kier molecular flexibility index (Phi) is 53.3. The maximum Gasteiger partial charge on any atom is 0.306 e. The molecule has 0 bridgehead atoms. The first kappa shape index (κ1) is 64.1. The molecule has 0 heterocycles. The Hall–Kier alpha value is -2.89. The summed E-state index contributed by atoms with van der Waals surface area (Å²) in [5, 5.41) is 0. The van der Waals surface area contributed by atoms with Crippen molar-refractivity contribution in [2.24, 2.45) is 0 Å². The zero-order valence-corrected chi connectivity index (χ0v) is 44.4. The number of esters is 3. The standard InChI is InChI=1S/C61H108O6/c1-4-7-10-13-16-19-22-25-27-29-30-32-33-36-39-42-45-48-51-54-60(63)66-57-58(56-65-59(62)53-50-47-44-41-38-35-24-21-18-15-12-9-6-3)67-61(64)55-52-49-46-43-40-37-34-31-28-26-23-20-17-14-11-8-5-2/h12,15-16,19,21,24-28,58H,4-11,13-14,17-18,20,22-23,29-57H2,1-3H3/b15-12-,19-16-,24-21-,27-25-,28-26-. The highest BCUT2D eigenvalue weighted by Crippen LogP contribution is 2.15. The summed E-state index contributed by atoms with van der Waals surface area (Å²) in [6, 6.07) is 0. The van der Waals surface area contributed by atoms with E-state index in [4.69, 9.17) is 14.2 Å². The molecule has 0 aromatic heterocycles. The molecule has 1 atom stereocenters. The maximum atomic E-state index is 12.9. The number of hydrogen-bond donors (Lipinski definition) is 0. The molecular formula is C61H108O6. The summed E-state index contributed by atoms with van der Waals surface area (Å²) >= 11 is 0. The van der Waals surface area contributed by atoms with Crippen LogP contribution in [0.5, 0.6) is 0 Å². The highest BCUT2D eigenvalue weighted by atomic mass is 16.6. The van der Waals surface area contributed by atoms with E-state index in [0.29, 0.717) is 19.3 Å². The molecule has 0 N–H and O–H groups in total. The topological polar surface area (TPSA) is 78.9 Å². The van der Waals surface area contributed by atoms with Crippen molar-refractivity contribution in [3.05, 3.63) is 60.8 Å². The fraction of sp³-hybridized carbons (Fsp3) is 0.787. The molecule has 0 fully saturated rings. The van der Waals surface area contributed by atoms with E-state index in [-0.39, 0.29) is 31.1 Å². The fourth-order valence-corrected chi connectivity index (χ4v) is 8.09. The van der Waals surface area contributed by atoms with Crippen LogP contribution >= 0.6 is 0 Å². The number of allylic oxidation sites excluding steroid dienone is 10. The maximum absolute atomic E-state index is 12.9. The van der Waals surface area contributed by atoms with Gasteiger partial charge in [-0.1, -0.05) is 229 Å². The van der Waals surface area contributed by atoms with E-state index >= 15 is 0 Å².